The molecule has 0 fully saturated rings. The van der Waals surface area contributed by atoms with Gasteiger partial charge in [0.15, 0.2) is 5.78 Å². The number of allylic oxidation sites excluding steroid dienone is 1. The molecule has 0 saturated carbocycles. The minimum atomic E-state index is -0.861. The molecule has 0 aromatic heterocycles. The first-order valence-corrected chi connectivity index (χ1v) is 7.08. The van der Waals surface area contributed by atoms with E-state index >= 15 is 0 Å². The second-order valence-corrected chi connectivity index (χ2v) is 5.00. The molecular formula is C15H14Cl2O4. The molecule has 4 nitrogen and oxygen atoms in total. The Morgan fingerprint density at radius 3 is 2.57 bits per heavy atom. The summed E-state index contributed by atoms with van der Waals surface area (Å²) in [7, 11) is 0. The normalized spacial score (nSPS) is 10.6. The Morgan fingerprint density at radius 1 is 1.19 bits per heavy atom. The predicted octanol–water partition coefficient (Wildman–Crippen LogP) is 3.84. The number of carbonyl (C=O) groups excluding carboxylic acids is 3. The first-order valence-electron chi connectivity index (χ1n) is 6.32. The van der Waals surface area contributed by atoms with E-state index in [0.717, 1.165) is 0 Å². The van der Waals surface area contributed by atoms with E-state index in [1.54, 1.807) is 25.1 Å². The van der Waals surface area contributed by atoms with E-state index in [4.69, 9.17) is 23.2 Å². The van der Waals surface area contributed by atoms with Gasteiger partial charge in [0.2, 0.25) is 0 Å². The zero-order valence-electron chi connectivity index (χ0n) is 11.4. The lowest BCUT2D eigenvalue weighted by atomic mass is 10.1. The summed E-state index contributed by atoms with van der Waals surface area (Å²) in [6.45, 7) is 1.79. The standard InChI is InChI=1S/C15H14Cl2O4/c1-2-4-13(19)21-14(20)9-11(18)8-7-10-5-3-6-12(16)15(10)17/h3,5-8H,2,4,9H2,1H3. The fraction of sp³-hybridized carbons (Fsp3) is 0.267. The average molecular weight is 329 g/mol. The van der Waals surface area contributed by atoms with Gasteiger partial charge in [-0.25, -0.2) is 0 Å². The Kier molecular flexibility index (Phi) is 7.12. The molecule has 112 valence electrons. The molecule has 1 rings (SSSR count). The number of benzene rings is 1. The summed E-state index contributed by atoms with van der Waals surface area (Å²) in [4.78, 5) is 34.0. The lowest BCUT2D eigenvalue weighted by molar-refractivity contribution is -0.159. The first-order chi connectivity index (χ1) is 9.93. The maximum Gasteiger partial charge on any atom is 0.321 e. The maximum absolute atomic E-state index is 11.6. The van der Waals surface area contributed by atoms with Crippen molar-refractivity contribution < 1.29 is 19.1 Å². The monoisotopic (exact) mass is 328 g/mol. The van der Waals surface area contributed by atoms with E-state index in [9.17, 15) is 14.4 Å². The third-order valence-corrected chi connectivity index (χ3v) is 3.26. The Balaban J connectivity index is 2.57. The van der Waals surface area contributed by atoms with Crippen LogP contribution < -0.4 is 0 Å². The van der Waals surface area contributed by atoms with Gasteiger partial charge in [-0.15, -0.1) is 0 Å². The van der Waals surface area contributed by atoms with Gasteiger partial charge in [-0.1, -0.05) is 42.3 Å². The van der Waals surface area contributed by atoms with Crippen molar-refractivity contribution in [3.63, 3.8) is 0 Å². The molecule has 0 unspecified atom stereocenters. The van der Waals surface area contributed by atoms with Gasteiger partial charge in [-0.2, -0.15) is 0 Å². The summed E-state index contributed by atoms with van der Waals surface area (Å²) >= 11 is 11.8. The number of ketones is 1. The smallest absolute Gasteiger partial charge is 0.321 e. The van der Waals surface area contributed by atoms with Crippen LogP contribution >= 0.6 is 23.2 Å². The van der Waals surface area contributed by atoms with Gasteiger partial charge in [0.25, 0.3) is 0 Å². The number of rotatable bonds is 6. The fourth-order valence-corrected chi connectivity index (χ4v) is 1.82. The lowest BCUT2D eigenvalue weighted by Crippen LogP contribution is -2.14. The lowest BCUT2D eigenvalue weighted by Gasteiger charge is -2.01. The number of hydrogen-bond acceptors (Lipinski definition) is 4. The summed E-state index contributed by atoms with van der Waals surface area (Å²) in [6.07, 6.45) is 2.88. The number of halogens is 2. The third-order valence-electron chi connectivity index (χ3n) is 2.43. The molecule has 0 atom stereocenters. The number of carbonyl (C=O) groups is 3. The minimum Gasteiger partial charge on any atom is -0.393 e. The van der Waals surface area contributed by atoms with Gasteiger partial charge in [-0.3, -0.25) is 14.4 Å². The topological polar surface area (TPSA) is 60.4 Å². The molecule has 0 bridgehead atoms. The van der Waals surface area contributed by atoms with Crippen molar-refractivity contribution in [1.82, 2.24) is 0 Å². The number of esters is 2. The van der Waals surface area contributed by atoms with Crippen molar-refractivity contribution in [3.8, 4) is 0 Å². The summed E-state index contributed by atoms with van der Waals surface area (Å²) < 4.78 is 4.48. The minimum absolute atomic E-state index is 0.147. The summed E-state index contributed by atoms with van der Waals surface area (Å²) in [5.41, 5.74) is 0.563. The Labute approximate surface area is 132 Å². The van der Waals surface area contributed by atoms with Crippen LogP contribution in [0, 0.1) is 0 Å². The van der Waals surface area contributed by atoms with Gasteiger partial charge in [0.1, 0.15) is 6.42 Å². The van der Waals surface area contributed by atoms with Gasteiger partial charge in [0.05, 0.1) is 10.0 Å². The van der Waals surface area contributed by atoms with Crippen molar-refractivity contribution >= 4 is 47.0 Å². The molecule has 1 aromatic rings. The molecule has 0 spiro atoms. The molecule has 0 aliphatic rings. The number of hydrogen-bond donors (Lipinski definition) is 0. The first kappa shape index (κ1) is 17.4. The van der Waals surface area contributed by atoms with Crippen LogP contribution in [-0.2, 0) is 19.1 Å². The molecule has 0 saturated heterocycles. The van der Waals surface area contributed by atoms with Crippen molar-refractivity contribution in [2.24, 2.45) is 0 Å². The van der Waals surface area contributed by atoms with Crippen molar-refractivity contribution in [1.29, 1.82) is 0 Å². The second kappa shape index (κ2) is 8.60. The van der Waals surface area contributed by atoms with Crippen LogP contribution in [0.4, 0.5) is 0 Å². The predicted molar refractivity (Wildman–Crippen MR) is 81.1 cm³/mol. The average Bonchev–Trinajstić information content (AvgIpc) is 2.40. The Hall–Kier alpha value is -1.65. The van der Waals surface area contributed by atoms with Gasteiger partial charge in [0, 0.05) is 6.42 Å². The van der Waals surface area contributed by atoms with E-state index < -0.39 is 24.1 Å². The second-order valence-electron chi connectivity index (χ2n) is 4.22. The van der Waals surface area contributed by atoms with E-state index in [0.29, 0.717) is 22.0 Å². The molecule has 0 amide bonds. The van der Waals surface area contributed by atoms with Gasteiger partial charge < -0.3 is 4.74 Å². The molecule has 6 heteroatoms. The van der Waals surface area contributed by atoms with Crippen LogP contribution in [0.2, 0.25) is 10.0 Å². The van der Waals surface area contributed by atoms with E-state index in [-0.39, 0.29) is 6.42 Å². The van der Waals surface area contributed by atoms with Crippen molar-refractivity contribution in [2.45, 2.75) is 26.2 Å². The van der Waals surface area contributed by atoms with Crippen LogP contribution in [0.1, 0.15) is 31.7 Å². The number of ether oxygens (including phenoxy) is 1. The Morgan fingerprint density at radius 2 is 1.90 bits per heavy atom. The van der Waals surface area contributed by atoms with Crippen LogP contribution in [0.5, 0.6) is 0 Å². The summed E-state index contributed by atoms with van der Waals surface area (Å²) in [5.74, 6) is -1.97. The van der Waals surface area contributed by atoms with Crippen LogP contribution in [0.15, 0.2) is 24.3 Å². The van der Waals surface area contributed by atoms with Crippen LogP contribution in [0.3, 0.4) is 0 Å². The zero-order chi connectivity index (χ0) is 15.8. The molecule has 0 N–H and O–H groups in total. The zero-order valence-corrected chi connectivity index (χ0v) is 12.9. The van der Waals surface area contributed by atoms with Crippen molar-refractivity contribution in [3.05, 3.63) is 39.9 Å². The van der Waals surface area contributed by atoms with E-state index in [1.165, 1.54) is 12.2 Å². The van der Waals surface area contributed by atoms with Gasteiger partial charge in [-0.05, 0) is 30.2 Å². The Bertz CT molecular complexity index is 579. The van der Waals surface area contributed by atoms with Crippen molar-refractivity contribution in [2.75, 3.05) is 0 Å². The molecule has 0 heterocycles. The van der Waals surface area contributed by atoms with Gasteiger partial charge >= 0.3 is 11.9 Å². The highest BCUT2D eigenvalue weighted by Crippen LogP contribution is 2.26. The molecular weight excluding hydrogens is 315 g/mol. The summed E-state index contributed by atoms with van der Waals surface area (Å²) in [5, 5.41) is 0.694. The highest BCUT2D eigenvalue weighted by atomic mass is 35.5. The largest absolute Gasteiger partial charge is 0.393 e. The van der Waals surface area contributed by atoms with Crippen LogP contribution in [-0.4, -0.2) is 17.7 Å². The third kappa shape index (κ3) is 6.10. The maximum atomic E-state index is 11.6. The highest BCUT2D eigenvalue weighted by Gasteiger charge is 2.12. The quantitative estimate of drug-likeness (QED) is 0.452. The summed E-state index contributed by atoms with van der Waals surface area (Å²) in [6, 6.07) is 5.00. The molecule has 21 heavy (non-hydrogen) atoms. The molecule has 1 aromatic carbocycles. The molecule has 0 aliphatic heterocycles. The van der Waals surface area contributed by atoms with E-state index in [1.807, 2.05) is 0 Å². The van der Waals surface area contributed by atoms with Crippen LogP contribution in [0.25, 0.3) is 6.08 Å². The SMILES string of the molecule is CCCC(=O)OC(=O)CC(=O)C=Cc1cccc(Cl)c1Cl. The fourth-order valence-electron chi connectivity index (χ4n) is 1.45. The molecule has 0 aliphatic carbocycles. The van der Waals surface area contributed by atoms with E-state index in [2.05, 4.69) is 4.74 Å². The molecule has 0 radical (unpaired) electrons. The highest BCUT2D eigenvalue weighted by molar-refractivity contribution is 6.42.